The van der Waals surface area contributed by atoms with Gasteiger partial charge in [-0.25, -0.2) is 0 Å². The molecule has 0 saturated carbocycles. The van der Waals surface area contributed by atoms with E-state index < -0.39 is 0 Å². The Balaban J connectivity index is 1.22. The van der Waals surface area contributed by atoms with E-state index in [9.17, 15) is 0 Å². The molecule has 244 valence electrons. The van der Waals surface area contributed by atoms with Crippen LogP contribution in [0.2, 0.25) is 0 Å². The summed E-state index contributed by atoms with van der Waals surface area (Å²) in [5, 5.41) is 6.86. The number of anilines is 3. The predicted molar refractivity (Wildman–Crippen MR) is 220 cm³/mol. The largest absolute Gasteiger partial charge is 0.455 e. The SMILES string of the molecule is c1ccc(-c2ccc(-c3ccc(N(c4ccc(-c5ccccc5)cc4)c4ccc5ccccc5c4)c4c3oc3c5ccccc5ccc34)cc2)cc1. The second-order valence-corrected chi connectivity index (χ2v) is 13.3. The number of furan rings is 1. The van der Waals surface area contributed by atoms with Crippen LogP contribution in [0.3, 0.4) is 0 Å². The van der Waals surface area contributed by atoms with Gasteiger partial charge in [0.15, 0.2) is 0 Å². The molecule has 2 heteroatoms. The highest BCUT2D eigenvalue weighted by molar-refractivity contribution is 6.22. The normalized spacial score (nSPS) is 11.5. The summed E-state index contributed by atoms with van der Waals surface area (Å²) in [5.41, 5.74) is 12.0. The summed E-state index contributed by atoms with van der Waals surface area (Å²) >= 11 is 0. The summed E-state index contributed by atoms with van der Waals surface area (Å²) in [4.78, 5) is 2.38. The van der Waals surface area contributed by atoms with Crippen LogP contribution < -0.4 is 4.90 Å². The molecule has 0 N–H and O–H groups in total. The fourth-order valence-electron chi connectivity index (χ4n) is 7.65. The molecule has 10 rings (SSSR count). The van der Waals surface area contributed by atoms with Gasteiger partial charge in [-0.05, 0) is 86.4 Å². The van der Waals surface area contributed by atoms with Gasteiger partial charge in [0, 0.05) is 27.7 Å². The molecule has 0 bridgehead atoms. The Bertz CT molecular complexity index is 2870. The lowest BCUT2D eigenvalue weighted by molar-refractivity contribution is 0.674. The molecule has 1 aromatic heterocycles. The summed E-state index contributed by atoms with van der Waals surface area (Å²) in [6.07, 6.45) is 0. The van der Waals surface area contributed by atoms with Crippen molar-refractivity contribution in [2.24, 2.45) is 0 Å². The first kappa shape index (κ1) is 30.0. The van der Waals surface area contributed by atoms with Crippen molar-refractivity contribution >= 4 is 60.5 Å². The van der Waals surface area contributed by atoms with Crippen LogP contribution >= 0.6 is 0 Å². The van der Waals surface area contributed by atoms with Crippen molar-refractivity contribution in [1.29, 1.82) is 0 Å². The molecule has 0 aliphatic heterocycles. The molecule has 2 nitrogen and oxygen atoms in total. The van der Waals surface area contributed by atoms with E-state index in [1.165, 1.54) is 33.0 Å². The van der Waals surface area contributed by atoms with Crippen molar-refractivity contribution in [3.63, 3.8) is 0 Å². The molecule has 10 aromatic rings. The minimum atomic E-state index is 0.878. The zero-order valence-corrected chi connectivity index (χ0v) is 28.4. The molecule has 52 heavy (non-hydrogen) atoms. The van der Waals surface area contributed by atoms with Crippen LogP contribution in [0, 0.1) is 0 Å². The topological polar surface area (TPSA) is 16.4 Å². The molecule has 0 radical (unpaired) electrons. The second kappa shape index (κ2) is 12.5. The van der Waals surface area contributed by atoms with Crippen LogP contribution in [-0.4, -0.2) is 0 Å². The molecule has 9 aromatic carbocycles. The number of hydrogen-bond donors (Lipinski definition) is 0. The minimum absolute atomic E-state index is 0.878. The summed E-state index contributed by atoms with van der Waals surface area (Å²) in [5.74, 6) is 0. The molecule has 1 heterocycles. The van der Waals surface area contributed by atoms with E-state index in [1.807, 2.05) is 0 Å². The van der Waals surface area contributed by atoms with Crippen molar-refractivity contribution in [2.45, 2.75) is 0 Å². The van der Waals surface area contributed by atoms with Gasteiger partial charge in [0.2, 0.25) is 0 Å². The number of fused-ring (bicyclic) bond motifs is 6. The first-order valence-electron chi connectivity index (χ1n) is 17.8. The van der Waals surface area contributed by atoms with Gasteiger partial charge in [-0.1, -0.05) is 158 Å². The molecule has 0 spiro atoms. The molecular formula is C50H33NO. The Morgan fingerprint density at radius 1 is 0.327 bits per heavy atom. The molecule has 0 aliphatic rings. The maximum Gasteiger partial charge on any atom is 0.145 e. The summed E-state index contributed by atoms with van der Waals surface area (Å²) in [7, 11) is 0. The Labute approximate surface area is 302 Å². The highest BCUT2D eigenvalue weighted by Crippen LogP contribution is 2.48. The van der Waals surface area contributed by atoms with Gasteiger partial charge in [0.05, 0.1) is 11.1 Å². The molecule has 0 unspecified atom stereocenters. The van der Waals surface area contributed by atoms with E-state index in [0.717, 1.165) is 60.9 Å². The Hall–Kier alpha value is -6.90. The Morgan fingerprint density at radius 2 is 0.865 bits per heavy atom. The van der Waals surface area contributed by atoms with Gasteiger partial charge in [-0.3, -0.25) is 0 Å². The highest BCUT2D eigenvalue weighted by Gasteiger charge is 2.23. The van der Waals surface area contributed by atoms with E-state index in [0.29, 0.717) is 0 Å². The number of benzene rings is 9. The fraction of sp³-hybridized carbons (Fsp3) is 0. The van der Waals surface area contributed by atoms with Crippen LogP contribution in [0.5, 0.6) is 0 Å². The molecule has 0 amide bonds. The van der Waals surface area contributed by atoms with Crippen LogP contribution in [0.15, 0.2) is 205 Å². The van der Waals surface area contributed by atoms with Crippen LogP contribution in [0.25, 0.3) is 76.9 Å². The second-order valence-electron chi connectivity index (χ2n) is 13.3. The monoisotopic (exact) mass is 663 g/mol. The number of nitrogens with zero attached hydrogens (tertiary/aromatic N) is 1. The van der Waals surface area contributed by atoms with Crippen LogP contribution in [0.1, 0.15) is 0 Å². The summed E-state index contributed by atoms with van der Waals surface area (Å²) < 4.78 is 7.05. The van der Waals surface area contributed by atoms with E-state index in [-0.39, 0.29) is 0 Å². The molecule has 0 fully saturated rings. The quantitative estimate of drug-likeness (QED) is 0.176. The zero-order valence-electron chi connectivity index (χ0n) is 28.4. The maximum atomic E-state index is 7.05. The van der Waals surface area contributed by atoms with Crippen molar-refractivity contribution in [3.8, 4) is 33.4 Å². The van der Waals surface area contributed by atoms with Crippen molar-refractivity contribution in [3.05, 3.63) is 200 Å². The Morgan fingerprint density at radius 3 is 1.58 bits per heavy atom. The third kappa shape index (κ3) is 5.12. The lowest BCUT2D eigenvalue weighted by Gasteiger charge is -2.27. The summed E-state index contributed by atoms with van der Waals surface area (Å²) in [6, 6.07) is 71.6. The molecule has 0 atom stereocenters. The van der Waals surface area contributed by atoms with Crippen molar-refractivity contribution in [2.75, 3.05) is 4.90 Å². The Kier molecular flexibility index (Phi) is 7.18. The predicted octanol–water partition coefficient (Wildman–Crippen LogP) is 14.4. The van der Waals surface area contributed by atoms with E-state index >= 15 is 0 Å². The highest BCUT2D eigenvalue weighted by atomic mass is 16.3. The molecule has 0 aliphatic carbocycles. The average Bonchev–Trinajstić information content (AvgIpc) is 3.63. The van der Waals surface area contributed by atoms with E-state index in [2.05, 4.69) is 205 Å². The number of rotatable bonds is 6. The zero-order chi connectivity index (χ0) is 34.4. The average molecular weight is 664 g/mol. The maximum absolute atomic E-state index is 7.05. The van der Waals surface area contributed by atoms with Crippen LogP contribution in [-0.2, 0) is 0 Å². The third-order valence-corrected chi connectivity index (χ3v) is 10.3. The minimum Gasteiger partial charge on any atom is -0.455 e. The van der Waals surface area contributed by atoms with E-state index in [4.69, 9.17) is 4.42 Å². The van der Waals surface area contributed by atoms with Gasteiger partial charge in [-0.2, -0.15) is 0 Å². The van der Waals surface area contributed by atoms with Gasteiger partial charge in [-0.15, -0.1) is 0 Å². The first-order chi connectivity index (χ1) is 25.8. The van der Waals surface area contributed by atoms with Crippen LogP contribution in [0.4, 0.5) is 17.1 Å². The van der Waals surface area contributed by atoms with Gasteiger partial charge < -0.3 is 9.32 Å². The van der Waals surface area contributed by atoms with E-state index in [1.54, 1.807) is 0 Å². The first-order valence-corrected chi connectivity index (χ1v) is 17.8. The van der Waals surface area contributed by atoms with Gasteiger partial charge in [0.25, 0.3) is 0 Å². The standard InChI is InChI=1S/C50H33NO/c1-3-11-34(12-4-1)37-19-21-40(22-20-37)45-31-32-47(48-46-30-26-39-16-9-10-18-44(39)49(46)52-50(45)48)51(43-29-25-36-15-7-8-17-41(36)33-43)42-27-23-38(24-28-42)35-13-5-2-6-14-35/h1-33H. The molecule has 0 saturated heterocycles. The smallest absolute Gasteiger partial charge is 0.145 e. The number of hydrogen-bond acceptors (Lipinski definition) is 2. The van der Waals surface area contributed by atoms with Gasteiger partial charge >= 0.3 is 0 Å². The van der Waals surface area contributed by atoms with Crippen molar-refractivity contribution in [1.82, 2.24) is 0 Å². The lowest BCUT2D eigenvalue weighted by atomic mass is 9.97. The lowest BCUT2D eigenvalue weighted by Crippen LogP contribution is -2.10. The summed E-state index contributed by atoms with van der Waals surface area (Å²) in [6.45, 7) is 0. The third-order valence-electron chi connectivity index (χ3n) is 10.3. The van der Waals surface area contributed by atoms with Gasteiger partial charge in [0.1, 0.15) is 11.2 Å². The molecular weight excluding hydrogens is 631 g/mol. The van der Waals surface area contributed by atoms with Crippen molar-refractivity contribution < 1.29 is 4.42 Å². The fourth-order valence-corrected chi connectivity index (χ4v) is 7.65.